The summed E-state index contributed by atoms with van der Waals surface area (Å²) in [6.07, 6.45) is 66.4. The fourth-order valence-corrected chi connectivity index (χ4v) is 10.6. The zero-order valence-electron chi connectivity index (χ0n) is 53.6. The molecule has 1 amide bonds. The van der Waals surface area contributed by atoms with Gasteiger partial charge in [0.25, 0.3) is 0 Å². The molecule has 8 unspecified atom stereocenters. The van der Waals surface area contributed by atoms with Crippen molar-refractivity contribution in [1.82, 2.24) is 5.32 Å². The summed E-state index contributed by atoms with van der Waals surface area (Å²) in [5.74, 6) is -1.21. The molecule has 8 atom stereocenters. The lowest BCUT2D eigenvalue weighted by molar-refractivity contribution is -0.305. The van der Waals surface area contributed by atoms with Crippen LogP contribution in [0.5, 0.6) is 0 Å². The van der Waals surface area contributed by atoms with Crippen LogP contribution in [0, 0.1) is 0 Å². The molecule has 1 saturated heterocycles. The molecule has 1 heterocycles. The summed E-state index contributed by atoms with van der Waals surface area (Å²) in [5, 5.41) is 57.2. The Labute approximate surface area is 509 Å². The fourth-order valence-electron chi connectivity index (χ4n) is 10.6. The molecule has 0 aromatic rings. The minimum absolute atomic E-state index is 0.101. The molecule has 0 radical (unpaired) electrons. The smallest absolute Gasteiger partial charge is 0.306 e. The van der Waals surface area contributed by atoms with Gasteiger partial charge in [-0.1, -0.05) is 280 Å². The van der Waals surface area contributed by atoms with E-state index in [0.29, 0.717) is 12.8 Å². The molecule has 11 nitrogen and oxygen atoms in total. The maximum atomic E-state index is 13.5. The van der Waals surface area contributed by atoms with Crippen LogP contribution in [0.2, 0.25) is 0 Å². The van der Waals surface area contributed by atoms with Crippen molar-refractivity contribution in [2.24, 2.45) is 0 Å². The van der Waals surface area contributed by atoms with Crippen LogP contribution in [-0.4, -0.2) is 99.6 Å². The van der Waals surface area contributed by atoms with Crippen molar-refractivity contribution >= 4 is 11.9 Å². The van der Waals surface area contributed by atoms with Gasteiger partial charge in [0, 0.05) is 6.42 Å². The molecule has 0 saturated carbocycles. The van der Waals surface area contributed by atoms with Crippen LogP contribution in [0.25, 0.3) is 0 Å². The molecule has 1 aliphatic rings. The molecule has 0 spiro atoms. The Morgan fingerprint density at radius 1 is 0.470 bits per heavy atom. The lowest BCUT2D eigenvalue weighted by Crippen LogP contribution is -2.61. The first-order valence-electron chi connectivity index (χ1n) is 34.7. The largest absolute Gasteiger partial charge is 0.454 e. The highest BCUT2D eigenvalue weighted by Crippen LogP contribution is 2.26. The van der Waals surface area contributed by atoms with Gasteiger partial charge in [-0.15, -0.1) is 0 Å². The second kappa shape index (κ2) is 59.4. The summed E-state index contributed by atoms with van der Waals surface area (Å²) in [5.41, 5.74) is 0. The molecule has 482 valence electrons. The van der Waals surface area contributed by atoms with Crippen molar-refractivity contribution in [1.29, 1.82) is 0 Å². The highest BCUT2D eigenvalue weighted by molar-refractivity contribution is 5.80. The van der Waals surface area contributed by atoms with Gasteiger partial charge >= 0.3 is 5.97 Å². The van der Waals surface area contributed by atoms with Crippen LogP contribution in [0.1, 0.15) is 310 Å². The van der Waals surface area contributed by atoms with Gasteiger partial charge in [0.1, 0.15) is 24.4 Å². The number of ether oxygens (including phenoxy) is 3. The summed E-state index contributed by atoms with van der Waals surface area (Å²) >= 11 is 0. The minimum Gasteiger partial charge on any atom is -0.454 e. The summed E-state index contributed by atoms with van der Waals surface area (Å²) in [7, 11) is 0. The summed E-state index contributed by atoms with van der Waals surface area (Å²) in [6.45, 7) is 5.78. The topological polar surface area (TPSA) is 175 Å². The summed E-state index contributed by atoms with van der Waals surface area (Å²) in [6, 6.07) is -1.03. The molecular formula is C72H129NO10. The number of esters is 1. The van der Waals surface area contributed by atoms with E-state index in [1.807, 2.05) is 6.08 Å². The van der Waals surface area contributed by atoms with E-state index < -0.39 is 67.4 Å². The van der Waals surface area contributed by atoms with Gasteiger partial charge in [-0.2, -0.15) is 0 Å². The van der Waals surface area contributed by atoms with E-state index in [0.717, 1.165) is 89.9 Å². The van der Waals surface area contributed by atoms with E-state index in [1.54, 1.807) is 6.08 Å². The zero-order valence-corrected chi connectivity index (χ0v) is 53.6. The number of aliphatic hydroxyl groups is 5. The van der Waals surface area contributed by atoms with Gasteiger partial charge < -0.3 is 45.1 Å². The van der Waals surface area contributed by atoms with Crippen molar-refractivity contribution in [3.05, 3.63) is 72.9 Å². The van der Waals surface area contributed by atoms with Gasteiger partial charge in [0.05, 0.1) is 25.4 Å². The molecule has 1 aliphatic heterocycles. The minimum atomic E-state index is -1.62. The van der Waals surface area contributed by atoms with Crippen LogP contribution in [-0.2, 0) is 23.8 Å². The molecule has 83 heavy (non-hydrogen) atoms. The maximum Gasteiger partial charge on any atom is 0.306 e. The van der Waals surface area contributed by atoms with Gasteiger partial charge in [-0.3, -0.25) is 9.59 Å². The number of hydrogen-bond acceptors (Lipinski definition) is 10. The number of allylic oxidation sites excluding steroid dienone is 11. The van der Waals surface area contributed by atoms with Gasteiger partial charge in [0.2, 0.25) is 5.91 Å². The number of nitrogens with one attached hydrogen (secondary N) is 1. The Bertz CT molecular complexity index is 1630. The Hall–Kier alpha value is -2.90. The molecule has 0 aromatic carbocycles. The molecular weight excluding hydrogens is 1040 g/mol. The standard InChI is InChI=1S/C72H129NO10/c1-4-7-10-13-16-19-22-25-27-29-31-33-35-37-39-42-45-48-51-54-57-60-67(77)83-70-69(79)68(78)66(61-74)82-72(70)81-62-63(64(75)58-55-52-49-46-43-40-24-21-18-15-12-9-6-3)73-71(80)65(76)59-56-53-50-47-44-41-38-36-34-32-30-28-26-23-20-17-14-11-8-5-2/h16,19,25-28,31,33,37,39,55,58,63-66,68-70,72,74-76,78-79H,4-15,17-18,20-24,29-30,32,34-36,38,40-54,56-57,59-62H2,1-3H3,(H,73,80)/b19-16-,27-25-,28-26+,33-31-,39-37-,58-55+. The second-order valence-corrected chi connectivity index (χ2v) is 23.9. The van der Waals surface area contributed by atoms with Crippen molar-refractivity contribution in [2.75, 3.05) is 13.2 Å². The fraction of sp³-hybridized carbons (Fsp3) is 0.806. The van der Waals surface area contributed by atoms with Gasteiger partial charge in [-0.05, 0) is 96.3 Å². The highest BCUT2D eigenvalue weighted by Gasteiger charge is 2.47. The number of carbonyl (C=O) groups is 2. The van der Waals surface area contributed by atoms with Crippen molar-refractivity contribution < 1.29 is 49.3 Å². The quantitative estimate of drug-likeness (QED) is 0.0195. The third-order valence-corrected chi connectivity index (χ3v) is 16.1. The SMILES string of the molecule is CCCCC/C=C\C/C=C\C/C=C\C/C=C\CCCCCCCC(=O)OC1C(OCC(NC(=O)C(O)CCCCCCCCCCCC/C=C/CCCCCCCC)C(O)/C=C/CCCCCCCCCCCCC)OC(CO)C(O)C1O. The van der Waals surface area contributed by atoms with E-state index in [-0.39, 0.29) is 19.4 Å². The first-order chi connectivity index (χ1) is 40.7. The lowest BCUT2D eigenvalue weighted by atomic mass is 9.99. The Kier molecular flexibility index (Phi) is 55.9. The monoisotopic (exact) mass is 1170 g/mol. The third kappa shape index (κ3) is 46.9. The Morgan fingerprint density at radius 3 is 1.28 bits per heavy atom. The van der Waals surface area contributed by atoms with E-state index >= 15 is 0 Å². The predicted molar refractivity (Wildman–Crippen MR) is 347 cm³/mol. The van der Waals surface area contributed by atoms with Gasteiger partial charge in [-0.25, -0.2) is 0 Å². The number of unbranched alkanes of at least 4 members (excludes halogenated alkanes) is 35. The van der Waals surface area contributed by atoms with Crippen LogP contribution >= 0.6 is 0 Å². The average Bonchev–Trinajstić information content (AvgIpc) is 3.58. The van der Waals surface area contributed by atoms with E-state index in [1.165, 1.54) is 173 Å². The number of rotatable bonds is 59. The third-order valence-electron chi connectivity index (χ3n) is 16.1. The summed E-state index contributed by atoms with van der Waals surface area (Å²) < 4.78 is 17.7. The van der Waals surface area contributed by atoms with Crippen molar-refractivity contribution in [3.8, 4) is 0 Å². The van der Waals surface area contributed by atoms with Crippen molar-refractivity contribution in [3.63, 3.8) is 0 Å². The molecule has 0 aliphatic carbocycles. The highest BCUT2D eigenvalue weighted by atomic mass is 16.7. The number of aliphatic hydroxyl groups excluding tert-OH is 5. The molecule has 1 rings (SSSR count). The zero-order chi connectivity index (χ0) is 60.3. The second-order valence-electron chi connectivity index (χ2n) is 23.9. The first-order valence-corrected chi connectivity index (χ1v) is 34.7. The molecule has 0 aromatic heterocycles. The molecule has 6 N–H and O–H groups in total. The van der Waals surface area contributed by atoms with Gasteiger partial charge in [0.15, 0.2) is 12.4 Å². The number of amides is 1. The van der Waals surface area contributed by atoms with Crippen LogP contribution in [0.3, 0.4) is 0 Å². The Morgan fingerprint density at radius 2 is 0.831 bits per heavy atom. The lowest BCUT2D eigenvalue weighted by Gasteiger charge is -2.41. The van der Waals surface area contributed by atoms with E-state index in [2.05, 4.69) is 86.8 Å². The maximum absolute atomic E-state index is 13.5. The Balaban J connectivity index is 2.64. The van der Waals surface area contributed by atoms with E-state index in [9.17, 15) is 35.1 Å². The van der Waals surface area contributed by atoms with Crippen LogP contribution in [0.4, 0.5) is 0 Å². The number of carbonyl (C=O) groups excluding carboxylic acids is 2. The van der Waals surface area contributed by atoms with E-state index in [4.69, 9.17) is 14.2 Å². The van der Waals surface area contributed by atoms with Crippen LogP contribution < -0.4 is 5.32 Å². The molecule has 0 bridgehead atoms. The number of hydrogen-bond donors (Lipinski definition) is 6. The average molecular weight is 1170 g/mol. The van der Waals surface area contributed by atoms with Crippen molar-refractivity contribution in [2.45, 2.75) is 359 Å². The summed E-state index contributed by atoms with van der Waals surface area (Å²) in [4.78, 5) is 26.7. The first kappa shape index (κ1) is 78.1. The predicted octanol–water partition coefficient (Wildman–Crippen LogP) is 17.5. The van der Waals surface area contributed by atoms with Crippen LogP contribution in [0.15, 0.2) is 72.9 Å². The molecule has 1 fully saturated rings. The molecule has 11 heteroatoms. The normalized spacial score (nSPS) is 19.0.